The van der Waals surface area contributed by atoms with Crippen LogP contribution in [0.15, 0.2) is 36.7 Å². The van der Waals surface area contributed by atoms with Crippen molar-refractivity contribution in [1.29, 1.82) is 0 Å². The highest BCUT2D eigenvalue weighted by molar-refractivity contribution is 5.92. The summed E-state index contributed by atoms with van der Waals surface area (Å²) in [7, 11) is 1.67. The van der Waals surface area contributed by atoms with Crippen LogP contribution in [-0.4, -0.2) is 66.8 Å². The Morgan fingerprint density at radius 3 is 2.93 bits per heavy atom. The first-order valence-electron chi connectivity index (χ1n) is 9.84. The van der Waals surface area contributed by atoms with E-state index in [0.29, 0.717) is 18.8 Å². The first kappa shape index (κ1) is 18.7. The zero-order chi connectivity index (χ0) is 19.3. The summed E-state index contributed by atoms with van der Waals surface area (Å²) in [6.07, 6.45) is 6.28. The molecule has 3 heterocycles. The highest BCUT2D eigenvalue weighted by Gasteiger charge is 2.25. The van der Waals surface area contributed by atoms with Gasteiger partial charge < -0.3 is 19.3 Å². The minimum absolute atomic E-state index is 0.0203. The molecular weight excluding hydrogens is 356 g/mol. The Hall–Kier alpha value is -2.67. The molecule has 0 spiro atoms. The molecule has 0 radical (unpaired) electrons. The van der Waals surface area contributed by atoms with Gasteiger partial charge in [-0.05, 0) is 30.5 Å². The molecule has 4 rings (SSSR count). The van der Waals surface area contributed by atoms with E-state index in [-0.39, 0.29) is 12.0 Å². The maximum atomic E-state index is 12.6. The number of benzene rings is 1. The Labute approximate surface area is 165 Å². The summed E-state index contributed by atoms with van der Waals surface area (Å²) in [5, 5.41) is 0. The maximum Gasteiger partial charge on any atom is 0.274 e. The molecular formula is C21H26N4O3. The molecule has 1 atom stereocenters. The van der Waals surface area contributed by atoms with Crippen molar-refractivity contribution in [2.45, 2.75) is 25.4 Å². The Morgan fingerprint density at radius 1 is 1.25 bits per heavy atom. The predicted octanol–water partition coefficient (Wildman–Crippen LogP) is 2.17. The van der Waals surface area contributed by atoms with Crippen molar-refractivity contribution in [3.63, 3.8) is 0 Å². The van der Waals surface area contributed by atoms with E-state index in [4.69, 9.17) is 9.47 Å². The van der Waals surface area contributed by atoms with Gasteiger partial charge >= 0.3 is 0 Å². The predicted molar refractivity (Wildman–Crippen MR) is 106 cm³/mol. The van der Waals surface area contributed by atoms with Crippen molar-refractivity contribution in [2.75, 3.05) is 44.8 Å². The van der Waals surface area contributed by atoms with E-state index in [9.17, 15) is 4.79 Å². The lowest BCUT2D eigenvalue weighted by Gasteiger charge is -2.33. The average molecular weight is 382 g/mol. The van der Waals surface area contributed by atoms with Gasteiger partial charge in [0.15, 0.2) is 0 Å². The Morgan fingerprint density at radius 2 is 2.11 bits per heavy atom. The fourth-order valence-corrected chi connectivity index (χ4v) is 3.81. The number of morpholine rings is 1. The molecule has 2 aromatic rings. The molecule has 28 heavy (non-hydrogen) atoms. The van der Waals surface area contributed by atoms with Gasteiger partial charge in [0.05, 0.1) is 32.2 Å². The van der Waals surface area contributed by atoms with Gasteiger partial charge in [-0.3, -0.25) is 9.78 Å². The molecule has 1 aromatic carbocycles. The van der Waals surface area contributed by atoms with Gasteiger partial charge in [-0.2, -0.15) is 0 Å². The second-order valence-corrected chi connectivity index (χ2v) is 7.26. The molecule has 0 bridgehead atoms. The topological polar surface area (TPSA) is 67.8 Å². The number of carbonyl (C=O) groups excluding carboxylic acids is 1. The van der Waals surface area contributed by atoms with Crippen LogP contribution in [0.5, 0.6) is 5.75 Å². The van der Waals surface area contributed by atoms with Crippen LogP contribution in [0.3, 0.4) is 0 Å². The largest absolute Gasteiger partial charge is 0.497 e. The van der Waals surface area contributed by atoms with E-state index in [1.165, 1.54) is 5.56 Å². The number of hydrogen-bond acceptors (Lipinski definition) is 6. The molecule has 7 heteroatoms. The van der Waals surface area contributed by atoms with Crippen LogP contribution in [0.2, 0.25) is 0 Å². The van der Waals surface area contributed by atoms with E-state index in [2.05, 4.69) is 20.9 Å². The number of nitrogens with zero attached hydrogens (tertiary/aromatic N) is 4. The zero-order valence-corrected chi connectivity index (χ0v) is 16.2. The number of anilines is 1. The molecule has 2 saturated heterocycles. The molecule has 2 aliphatic rings. The first-order valence-corrected chi connectivity index (χ1v) is 9.84. The summed E-state index contributed by atoms with van der Waals surface area (Å²) in [5.41, 5.74) is 1.60. The number of ether oxygens (including phenoxy) is 2. The number of carbonyl (C=O) groups is 1. The number of amides is 1. The molecule has 7 nitrogen and oxygen atoms in total. The monoisotopic (exact) mass is 382 g/mol. The quantitative estimate of drug-likeness (QED) is 0.790. The molecule has 1 amide bonds. The van der Waals surface area contributed by atoms with Crippen LogP contribution >= 0.6 is 0 Å². The van der Waals surface area contributed by atoms with Crippen molar-refractivity contribution in [2.24, 2.45) is 0 Å². The Balaban J connectivity index is 1.44. The van der Waals surface area contributed by atoms with Crippen LogP contribution < -0.4 is 9.64 Å². The van der Waals surface area contributed by atoms with Gasteiger partial charge in [0.1, 0.15) is 17.3 Å². The average Bonchev–Trinajstić information content (AvgIpc) is 3.28. The minimum atomic E-state index is -0.0203. The second kappa shape index (κ2) is 8.56. The molecule has 2 fully saturated rings. The highest BCUT2D eigenvalue weighted by Crippen LogP contribution is 2.20. The smallest absolute Gasteiger partial charge is 0.274 e. The molecule has 1 unspecified atom stereocenters. The highest BCUT2D eigenvalue weighted by atomic mass is 16.5. The van der Waals surface area contributed by atoms with Gasteiger partial charge in [0.25, 0.3) is 5.91 Å². The van der Waals surface area contributed by atoms with Gasteiger partial charge in [-0.25, -0.2) is 4.98 Å². The van der Waals surface area contributed by atoms with Crippen molar-refractivity contribution in [3.05, 3.63) is 47.9 Å². The summed E-state index contributed by atoms with van der Waals surface area (Å²) in [6, 6.07) is 8.06. The van der Waals surface area contributed by atoms with E-state index in [0.717, 1.165) is 50.5 Å². The molecule has 148 valence electrons. The number of methoxy groups -OCH3 is 1. The molecule has 0 N–H and O–H groups in total. The summed E-state index contributed by atoms with van der Waals surface area (Å²) in [5.74, 6) is 1.57. The SMILES string of the molecule is COc1cccc(CC2CN(c3cncc(C(=O)N4CCCC4)n3)CCO2)c1. The van der Waals surface area contributed by atoms with Gasteiger partial charge in [-0.15, -0.1) is 0 Å². The maximum absolute atomic E-state index is 12.6. The van der Waals surface area contributed by atoms with Gasteiger partial charge in [-0.1, -0.05) is 12.1 Å². The number of likely N-dealkylation sites (tertiary alicyclic amines) is 1. The van der Waals surface area contributed by atoms with E-state index in [1.54, 1.807) is 19.5 Å². The standard InChI is InChI=1S/C21H26N4O3/c1-27-17-6-4-5-16(11-17)12-18-15-25(9-10-28-18)20-14-22-13-19(23-20)21(26)24-7-2-3-8-24/h4-6,11,13-14,18H,2-3,7-10,12,15H2,1H3. The van der Waals surface area contributed by atoms with Crippen molar-refractivity contribution < 1.29 is 14.3 Å². The first-order chi connectivity index (χ1) is 13.7. The lowest BCUT2D eigenvalue weighted by molar-refractivity contribution is 0.0407. The molecule has 2 aliphatic heterocycles. The lowest BCUT2D eigenvalue weighted by Crippen LogP contribution is -2.44. The third-order valence-electron chi connectivity index (χ3n) is 5.29. The zero-order valence-electron chi connectivity index (χ0n) is 16.2. The molecule has 1 aromatic heterocycles. The number of aromatic nitrogens is 2. The van der Waals surface area contributed by atoms with E-state index < -0.39 is 0 Å². The minimum Gasteiger partial charge on any atom is -0.497 e. The van der Waals surface area contributed by atoms with Crippen molar-refractivity contribution in [1.82, 2.24) is 14.9 Å². The third-order valence-corrected chi connectivity index (χ3v) is 5.29. The van der Waals surface area contributed by atoms with Crippen LogP contribution in [-0.2, 0) is 11.2 Å². The summed E-state index contributed by atoms with van der Waals surface area (Å²) in [4.78, 5) is 25.5. The van der Waals surface area contributed by atoms with Crippen molar-refractivity contribution in [3.8, 4) is 5.75 Å². The Bertz CT molecular complexity index is 823. The Kier molecular flexibility index (Phi) is 5.71. The van der Waals surface area contributed by atoms with E-state index >= 15 is 0 Å². The van der Waals surface area contributed by atoms with E-state index in [1.807, 2.05) is 23.1 Å². The molecule has 0 saturated carbocycles. The van der Waals surface area contributed by atoms with Gasteiger partial charge in [0, 0.05) is 32.6 Å². The lowest BCUT2D eigenvalue weighted by atomic mass is 10.1. The van der Waals surface area contributed by atoms with Crippen molar-refractivity contribution >= 4 is 11.7 Å². The van der Waals surface area contributed by atoms with Crippen LogP contribution in [0.4, 0.5) is 5.82 Å². The number of rotatable bonds is 5. The number of hydrogen-bond donors (Lipinski definition) is 0. The van der Waals surface area contributed by atoms with Crippen LogP contribution in [0.25, 0.3) is 0 Å². The summed E-state index contributed by atoms with van der Waals surface area (Å²) >= 11 is 0. The normalized spacial score (nSPS) is 19.7. The van der Waals surface area contributed by atoms with Crippen LogP contribution in [0, 0.1) is 0 Å². The third kappa shape index (κ3) is 4.25. The van der Waals surface area contributed by atoms with Crippen LogP contribution in [0.1, 0.15) is 28.9 Å². The fourth-order valence-electron chi connectivity index (χ4n) is 3.81. The summed E-state index contributed by atoms with van der Waals surface area (Å²) in [6.45, 7) is 3.70. The fraction of sp³-hybridized carbons (Fsp3) is 0.476. The van der Waals surface area contributed by atoms with Gasteiger partial charge in [0.2, 0.25) is 0 Å². The summed E-state index contributed by atoms with van der Waals surface area (Å²) < 4.78 is 11.3. The second-order valence-electron chi connectivity index (χ2n) is 7.26. The molecule has 0 aliphatic carbocycles.